The minimum atomic E-state index is 0.0580. The molecule has 3 rings (SSSR count). The minimum Gasteiger partial charge on any atom is -0.325 e. The molecule has 2 atom stereocenters. The van der Waals surface area contributed by atoms with Gasteiger partial charge in [0.1, 0.15) is 5.78 Å². The molecule has 1 amide bonds. The molecule has 30 heavy (non-hydrogen) atoms. The lowest BCUT2D eigenvalue weighted by Gasteiger charge is -2.35. The number of fused-ring (bicyclic) bond motifs is 3. The molecule has 7 nitrogen and oxygen atoms in total. The molecule has 2 heterocycles. The van der Waals surface area contributed by atoms with E-state index >= 15 is 0 Å². The maximum Gasteiger partial charge on any atom is 0.238 e. The molecule has 2 aliphatic rings. The average Bonchev–Trinajstić information content (AvgIpc) is 2.72. The summed E-state index contributed by atoms with van der Waals surface area (Å²) in [6, 6.07) is 9.68. The van der Waals surface area contributed by atoms with Crippen LogP contribution in [0, 0.1) is 0 Å². The molecule has 0 aromatic heterocycles. The molecule has 0 radical (unpaired) electrons. The van der Waals surface area contributed by atoms with Crippen molar-refractivity contribution >= 4 is 17.4 Å². The fourth-order valence-corrected chi connectivity index (χ4v) is 4.34. The number of carbonyl (C=O) groups is 2. The quantitative estimate of drug-likeness (QED) is 0.781. The van der Waals surface area contributed by atoms with Crippen LogP contribution in [0.4, 0.5) is 5.69 Å². The number of hydrogen-bond acceptors (Lipinski definition) is 6. The Morgan fingerprint density at radius 1 is 0.733 bits per heavy atom. The smallest absolute Gasteiger partial charge is 0.238 e. The van der Waals surface area contributed by atoms with Gasteiger partial charge in [0.2, 0.25) is 5.91 Å². The first-order valence-electron chi connectivity index (χ1n) is 11.3. The number of rotatable bonds is 5. The average molecular weight is 416 g/mol. The highest BCUT2D eigenvalue weighted by Crippen LogP contribution is 2.08. The molecule has 1 aromatic rings. The van der Waals surface area contributed by atoms with Crippen LogP contribution in [0.1, 0.15) is 19.8 Å². The van der Waals surface area contributed by atoms with Gasteiger partial charge in [-0.05, 0) is 58.1 Å². The molecule has 2 fully saturated rings. The highest BCUT2D eigenvalue weighted by Gasteiger charge is 2.19. The van der Waals surface area contributed by atoms with E-state index in [2.05, 4.69) is 24.9 Å². The van der Waals surface area contributed by atoms with Crippen molar-refractivity contribution in [2.75, 3.05) is 83.9 Å². The van der Waals surface area contributed by atoms with E-state index in [0.29, 0.717) is 13.1 Å². The number of nitrogens with one attached hydrogen (secondary N) is 1. The SMILES string of the molecule is CC(=O)CN1CCCN2CCN(CCCN(CC(=O)Nc3ccccc3)CC2)CC1. The Kier molecular flexibility index (Phi) is 9.27. The van der Waals surface area contributed by atoms with Crippen molar-refractivity contribution in [2.24, 2.45) is 0 Å². The number of ketones is 1. The van der Waals surface area contributed by atoms with E-state index in [1.54, 1.807) is 6.92 Å². The van der Waals surface area contributed by atoms with Crippen molar-refractivity contribution in [1.29, 1.82) is 0 Å². The van der Waals surface area contributed by atoms with Gasteiger partial charge in [0.25, 0.3) is 0 Å². The lowest BCUT2D eigenvalue weighted by molar-refractivity contribution is -0.118. The minimum absolute atomic E-state index is 0.0580. The predicted molar refractivity (Wildman–Crippen MR) is 121 cm³/mol. The molecule has 1 aromatic carbocycles. The van der Waals surface area contributed by atoms with Gasteiger partial charge in [-0.1, -0.05) is 18.2 Å². The van der Waals surface area contributed by atoms with Crippen molar-refractivity contribution in [3.8, 4) is 0 Å². The summed E-state index contributed by atoms with van der Waals surface area (Å²) in [4.78, 5) is 33.8. The maximum absolute atomic E-state index is 12.5. The van der Waals surface area contributed by atoms with Gasteiger partial charge in [-0.25, -0.2) is 0 Å². The molecule has 1 N–H and O–H groups in total. The third-order valence-electron chi connectivity index (χ3n) is 5.97. The Bertz CT molecular complexity index is 669. The molecule has 0 spiro atoms. The fourth-order valence-electron chi connectivity index (χ4n) is 4.34. The van der Waals surface area contributed by atoms with Crippen molar-refractivity contribution in [1.82, 2.24) is 19.6 Å². The third-order valence-corrected chi connectivity index (χ3v) is 5.97. The normalized spacial score (nSPS) is 24.8. The largest absolute Gasteiger partial charge is 0.325 e. The van der Waals surface area contributed by atoms with Crippen LogP contribution in [-0.4, -0.2) is 110 Å². The molecule has 7 heteroatoms. The zero-order chi connectivity index (χ0) is 21.2. The molecule has 0 aliphatic carbocycles. The summed E-state index contributed by atoms with van der Waals surface area (Å²) in [6.07, 6.45) is 2.15. The fraction of sp³-hybridized carbons (Fsp3) is 0.652. The molecular weight excluding hydrogens is 378 g/mol. The van der Waals surface area contributed by atoms with E-state index in [9.17, 15) is 9.59 Å². The van der Waals surface area contributed by atoms with E-state index in [1.807, 2.05) is 30.3 Å². The van der Waals surface area contributed by atoms with Crippen LogP contribution >= 0.6 is 0 Å². The van der Waals surface area contributed by atoms with Crippen LogP contribution in [0.5, 0.6) is 0 Å². The first-order chi connectivity index (χ1) is 14.6. The standard InChI is InChI=1S/C23H37N5O2/c1-21(29)19-27-11-5-9-26-14-13-25(15-17-27)10-6-12-28(18-16-26)20-23(30)24-22-7-3-2-4-8-22/h2-4,7-8H,5-6,9-20H2,1H3,(H,24,30). The van der Waals surface area contributed by atoms with Crippen LogP contribution < -0.4 is 5.32 Å². The lowest BCUT2D eigenvalue weighted by Crippen LogP contribution is -2.48. The Morgan fingerprint density at radius 2 is 1.27 bits per heavy atom. The van der Waals surface area contributed by atoms with Gasteiger partial charge in [0.05, 0.1) is 13.1 Å². The number of carbonyl (C=O) groups excluding carboxylic acids is 2. The molecule has 2 aliphatic heterocycles. The Hall–Kier alpha value is -1.80. The molecular formula is C23H37N5O2. The van der Waals surface area contributed by atoms with E-state index in [1.165, 1.54) is 0 Å². The third kappa shape index (κ3) is 8.14. The van der Waals surface area contributed by atoms with Gasteiger partial charge in [-0.2, -0.15) is 0 Å². The number of anilines is 1. The van der Waals surface area contributed by atoms with E-state index in [0.717, 1.165) is 84.0 Å². The highest BCUT2D eigenvalue weighted by molar-refractivity contribution is 5.92. The summed E-state index contributed by atoms with van der Waals surface area (Å²) < 4.78 is 0. The van der Waals surface area contributed by atoms with Crippen molar-refractivity contribution in [2.45, 2.75) is 19.8 Å². The van der Waals surface area contributed by atoms with Crippen LogP contribution in [-0.2, 0) is 9.59 Å². The maximum atomic E-state index is 12.5. The van der Waals surface area contributed by atoms with E-state index in [-0.39, 0.29) is 11.7 Å². The van der Waals surface area contributed by atoms with E-state index in [4.69, 9.17) is 0 Å². The molecule has 2 bridgehead atoms. The van der Waals surface area contributed by atoms with Gasteiger partial charge < -0.3 is 15.1 Å². The highest BCUT2D eigenvalue weighted by atomic mass is 16.2. The number of para-hydroxylation sites is 1. The first-order valence-corrected chi connectivity index (χ1v) is 11.3. The number of amides is 1. The monoisotopic (exact) mass is 415 g/mol. The number of Topliss-reactive ketones (excluding diaryl/α,β-unsaturated/α-hetero) is 1. The van der Waals surface area contributed by atoms with Crippen LogP contribution in [0.25, 0.3) is 0 Å². The topological polar surface area (TPSA) is 59.1 Å². The number of benzene rings is 1. The van der Waals surface area contributed by atoms with Gasteiger partial charge in [-0.3, -0.25) is 19.4 Å². The molecule has 2 unspecified atom stereocenters. The van der Waals surface area contributed by atoms with Crippen molar-refractivity contribution in [3.63, 3.8) is 0 Å². The zero-order valence-electron chi connectivity index (χ0n) is 18.4. The summed E-state index contributed by atoms with van der Waals surface area (Å²) in [6.45, 7) is 12.7. The van der Waals surface area contributed by atoms with Crippen molar-refractivity contribution in [3.05, 3.63) is 30.3 Å². The molecule has 2 saturated heterocycles. The molecule has 0 saturated carbocycles. The van der Waals surface area contributed by atoms with Gasteiger partial charge >= 0.3 is 0 Å². The Balaban J connectivity index is 1.55. The van der Waals surface area contributed by atoms with Crippen LogP contribution in [0.2, 0.25) is 0 Å². The Morgan fingerprint density at radius 3 is 1.83 bits per heavy atom. The summed E-state index contributed by atoms with van der Waals surface area (Å²) in [5.74, 6) is 0.309. The second-order valence-corrected chi connectivity index (χ2v) is 8.56. The number of hydrogen-bond donors (Lipinski definition) is 1. The van der Waals surface area contributed by atoms with Gasteiger partial charge in [0.15, 0.2) is 0 Å². The summed E-state index contributed by atoms with van der Waals surface area (Å²) in [5.41, 5.74) is 0.855. The zero-order valence-corrected chi connectivity index (χ0v) is 18.4. The van der Waals surface area contributed by atoms with Gasteiger partial charge in [-0.15, -0.1) is 0 Å². The second kappa shape index (κ2) is 12.2. The molecule has 166 valence electrons. The summed E-state index contributed by atoms with van der Waals surface area (Å²) in [7, 11) is 0. The summed E-state index contributed by atoms with van der Waals surface area (Å²) >= 11 is 0. The predicted octanol–water partition coefficient (Wildman–Crippen LogP) is 1.23. The lowest BCUT2D eigenvalue weighted by atomic mass is 10.2. The van der Waals surface area contributed by atoms with Crippen LogP contribution in [0.3, 0.4) is 0 Å². The first kappa shape index (κ1) is 22.9. The summed E-state index contributed by atoms with van der Waals surface area (Å²) in [5, 5.41) is 3.01. The Labute approximate surface area is 181 Å². The van der Waals surface area contributed by atoms with Gasteiger partial charge in [0, 0.05) is 45.0 Å². The van der Waals surface area contributed by atoms with Crippen molar-refractivity contribution < 1.29 is 9.59 Å². The van der Waals surface area contributed by atoms with Crippen LogP contribution in [0.15, 0.2) is 30.3 Å². The second-order valence-electron chi connectivity index (χ2n) is 8.56. The van der Waals surface area contributed by atoms with E-state index < -0.39 is 0 Å². The number of nitrogens with zero attached hydrogens (tertiary/aromatic N) is 4.